The van der Waals surface area contributed by atoms with Crippen molar-refractivity contribution in [1.29, 1.82) is 0 Å². The van der Waals surface area contributed by atoms with Crippen LogP contribution in [0.3, 0.4) is 0 Å². The molecule has 1 aliphatic carbocycles. The molecule has 1 aromatic rings. The highest BCUT2D eigenvalue weighted by atomic mass is 16.2. The molecule has 1 amide bonds. The Balaban J connectivity index is 1.96. The van der Waals surface area contributed by atoms with Crippen LogP contribution >= 0.6 is 0 Å². The average molecular weight is 250 g/mol. The van der Waals surface area contributed by atoms with Crippen LogP contribution in [0.4, 0.5) is 5.82 Å². The SMILES string of the molecule is Cc1cc(N)nn1CC(=O)N(C)C1CCCCC1. The molecule has 0 aliphatic heterocycles. The molecule has 0 bridgehead atoms. The Morgan fingerprint density at radius 2 is 2.17 bits per heavy atom. The average Bonchev–Trinajstić information content (AvgIpc) is 2.68. The first-order chi connectivity index (χ1) is 8.58. The molecule has 0 unspecified atom stereocenters. The summed E-state index contributed by atoms with van der Waals surface area (Å²) in [6.07, 6.45) is 6.02. The van der Waals surface area contributed by atoms with Gasteiger partial charge in [0.15, 0.2) is 0 Å². The standard InChI is InChI=1S/C13H22N4O/c1-10-8-12(14)15-17(10)9-13(18)16(2)11-6-4-3-5-7-11/h8,11H,3-7,9H2,1-2H3,(H2,14,15). The molecule has 2 rings (SSSR count). The van der Waals surface area contributed by atoms with Gasteiger partial charge in [0.05, 0.1) is 0 Å². The van der Waals surface area contributed by atoms with Gasteiger partial charge in [-0.2, -0.15) is 5.10 Å². The van der Waals surface area contributed by atoms with Gasteiger partial charge in [-0.25, -0.2) is 0 Å². The van der Waals surface area contributed by atoms with Crippen molar-refractivity contribution in [2.75, 3.05) is 12.8 Å². The van der Waals surface area contributed by atoms with Gasteiger partial charge in [-0.15, -0.1) is 0 Å². The third-order valence-electron chi connectivity index (χ3n) is 3.80. The van der Waals surface area contributed by atoms with Crippen LogP contribution in [0, 0.1) is 6.92 Å². The van der Waals surface area contributed by atoms with Crippen LogP contribution in [0.1, 0.15) is 37.8 Å². The van der Waals surface area contributed by atoms with Crippen LogP contribution < -0.4 is 5.73 Å². The summed E-state index contributed by atoms with van der Waals surface area (Å²) in [5, 5.41) is 4.12. The highest BCUT2D eigenvalue weighted by Gasteiger charge is 2.22. The number of carbonyl (C=O) groups is 1. The van der Waals surface area contributed by atoms with Crippen molar-refractivity contribution in [2.24, 2.45) is 0 Å². The highest BCUT2D eigenvalue weighted by Crippen LogP contribution is 2.21. The number of carbonyl (C=O) groups excluding carboxylic acids is 1. The van der Waals surface area contributed by atoms with E-state index in [1.54, 1.807) is 10.7 Å². The Kier molecular flexibility index (Phi) is 3.89. The molecule has 0 aromatic carbocycles. The van der Waals surface area contributed by atoms with Crippen molar-refractivity contribution < 1.29 is 4.79 Å². The number of nitrogen functional groups attached to an aromatic ring is 1. The predicted octanol–water partition coefficient (Wildman–Crippen LogP) is 1.56. The van der Waals surface area contributed by atoms with Gasteiger partial charge in [0.25, 0.3) is 0 Å². The summed E-state index contributed by atoms with van der Waals surface area (Å²) in [4.78, 5) is 14.1. The Morgan fingerprint density at radius 3 is 2.72 bits per heavy atom. The van der Waals surface area contributed by atoms with Gasteiger partial charge in [-0.3, -0.25) is 9.48 Å². The minimum atomic E-state index is 0.119. The summed E-state index contributed by atoms with van der Waals surface area (Å²) >= 11 is 0. The van der Waals surface area contributed by atoms with E-state index < -0.39 is 0 Å². The van der Waals surface area contributed by atoms with Gasteiger partial charge in [0.2, 0.25) is 5.91 Å². The van der Waals surface area contributed by atoms with E-state index in [9.17, 15) is 4.79 Å². The minimum absolute atomic E-state index is 0.119. The Hall–Kier alpha value is -1.52. The van der Waals surface area contributed by atoms with Crippen LogP contribution in [-0.4, -0.2) is 33.7 Å². The van der Waals surface area contributed by atoms with E-state index in [0.29, 0.717) is 11.9 Å². The van der Waals surface area contributed by atoms with Crippen LogP contribution in [0.5, 0.6) is 0 Å². The van der Waals surface area contributed by atoms with E-state index in [2.05, 4.69) is 5.10 Å². The van der Waals surface area contributed by atoms with E-state index in [-0.39, 0.29) is 12.5 Å². The summed E-state index contributed by atoms with van der Waals surface area (Å²) in [5.41, 5.74) is 6.55. The topological polar surface area (TPSA) is 64.1 Å². The molecule has 1 aromatic heterocycles. The zero-order valence-corrected chi connectivity index (χ0v) is 11.2. The summed E-state index contributed by atoms with van der Waals surface area (Å²) in [6.45, 7) is 2.20. The van der Waals surface area contributed by atoms with Crippen molar-refractivity contribution >= 4 is 11.7 Å². The lowest BCUT2D eigenvalue weighted by Crippen LogP contribution is -2.40. The molecule has 18 heavy (non-hydrogen) atoms. The first-order valence-electron chi connectivity index (χ1n) is 6.63. The molecule has 5 nitrogen and oxygen atoms in total. The molecular formula is C13H22N4O. The Morgan fingerprint density at radius 1 is 1.50 bits per heavy atom. The lowest BCUT2D eigenvalue weighted by molar-refractivity contribution is -0.133. The van der Waals surface area contributed by atoms with Gasteiger partial charge in [0.1, 0.15) is 12.4 Å². The van der Waals surface area contributed by atoms with Crippen molar-refractivity contribution in [3.05, 3.63) is 11.8 Å². The number of nitrogens with zero attached hydrogens (tertiary/aromatic N) is 3. The van der Waals surface area contributed by atoms with Crippen molar-refractivity contribution in [3.8, 4) is 0 Å². The molecule has 0 atom stereocenters. The number of nitrogens with two attached hydrogens (primary N) is 1. The number of anilines is 1. The molecule has 0 saturated heterocycles. The van der Waals surface area contributed by atoms with E-state index in [4.69, 9.17) is 5.73 Å². The molecule has 1 heterocycles. The van der Waals surface area contributed by atoms with Gasteiger partial charge in [-0.1, -0.05) is 19.3 Å². The largest absolute Gasteiger partial charge is 0.382 e. The Bertz CT molecular complexity index is 421. The lowest BCUT2D eigenvalue weighted by atomic mass is 9.94. The summed E-state index contributed by atoms with van der Waals surface area (Å²) in [6, 6.07) is 2.19. The molecule has 0 radical (unpaired) electrons. The van der Waals surface area contributed by atoms with Gasteiger partial charge in [-0.05, 0) is 19.8 Å². The van der Waals surface area contributed by atoms with E-state index in [1.807, 2.05) is 18.9 Å². The second kappa shape index (κ2) is 5.42. The van der Waals surface area contributed by atoms with Crippen LogP contribution in [0.15, 0.2) is 6.07 Å². The fourth-order valence-corrected chi connectivity index (χ4v) is 2.61. The molecule has 0 spiro atoms. The normalized spacial score (nSPS) is 16.8. The third kappa shape index (κ3) is 2.83. The van der Waals surface area contributed by atoms with Crippen LogP contribution in [0.25, 0.3) is 0 Å². The first kappa shape index (κ1) is 12.9. The molecule has 5 heteroatoms. The fourth-order valence-electron chi connectivity index (χ4n) is 2.61. The highest BCUT2D eigenvalue weighted by molar-refractivity contribution is 5.76. The molecule has 1 saturated carbocycles. The number of likely N-dealkylation sites (N-methyl/N-ethyl adjacent to an activating group) is 1. The first-order valence-corrected chi connectivity index (χ1v) is 6.63. The monoisotopic (exact) mass is 250 g/mol. The number of hydrogen-bond acceptors (Lipinski definition) is 3. The van der Waals surface area contributed by atoms with Crippen LogP contribution in [-0.2, 0) is 11.3 Å². The Labute approximate surface area is 108 Å². The molecule has 1 aliphatic rings. The maximum atomic E-state index is 12.2. The minimum Gasteiger partial charge on any atom is -0.382 e. The maximum absolute atomic E-state index is 12.2. The third-order valence-corrected chi connectivity index (χ3v) is 3.80. The smallest absolute Gasteiger partial charge is 0.244 e. The van der Waals surface area contributed by atoms with E-state index in [0.717, 1.165) is 18.5 Å². The zero-order chi connectivity index (χ0) is 13.1. The van der Waals surface area contributed by atoms with Crippen LogP contribution in [0.2, 0.25) is 0 Å². The van der Waals surface area contributed by atoms with E-state index >= 15 is 0 Å². The van der Waals surface area contributed by atoms with E-state index in [1.165, 1.54) is 19.3 Å². The van der Waals surface area contributed by atoms with Crippen molar-refractivity contribution in [1.82, 2.24) is 14.7 Å². The number of hydrogen-bond donors (Lipinski definition) is 1. The molecule has 1 fully saturated rings. The molecule has 100 valence electrons. The maximum Gasteiger partial charge on any atom is 0.244 e. The zero-order valence-electron chi connectivity index (χ0n) is 11.2. The second-order valence-corrected chi connectivity index (χ2v) is 5.16. The molecule has 2 N–H and O–H groups in total. The number of amides is 1. The quantitative estimate of drug-likeness (QED) is 0.885. The summed E-state index contributed by atoms with van der Waals surface area (Å²) in [5.74, 6) is 0.591. The summed E-state index contributed by atoms with van der Waals surface area (Å²) < 4.78 is 1.68. The fraction of sp³-hybridized carbons (Fsp3) is 0.692. The number of rotatable bonds is 3. The summed E-state index contributed by atoms with van der Waals surface area (Å²) in [7, 11) is 1.90. The lowest BCUT2D eigenvalue weighted by Gasteiger charge is -2.31. The van der Waals surface area contributed by atoms with Gasteiger partial charge < -0.3 is 10.6 Å². The van der Waals surface area contributed by atoms with Gasteiger partial charge in [0, 0.05) is 24.8 Å². The second-order valence-electron chi connectivity index (χ2n) is 5.16. The number of aryl methyl sites for hydroxylation is 1. The molecular weight excluding hydrogens is 228 g/mol. The van der Waals surface area contributed by atoms with Crippen molar-refractivity contribution in [2.45, 2.75) is 51.6 Å². The predicted molar refractivity (Wildman–Crippen MR) is 71.0 cm³/mol. The number of aromatic nitrogens is 2. The van der Waals surface area contributed by atoms with Crippen molar-refractivity contribution in [3.63, 3.8) is 0 Å². The van der Waals surface area contributed by atoms with Gasteiger partial charge >= 0.3 is 0 Å².